The number of rotatable bonds is 2. The van der Waals surface area contributed by atoms with Crippen molar-refractivity contribution in [3.8, 4) is 0 Å². The van der Waals surface area contributed by atoms with Gasteiger partial charge in [0, 0.05) is 23.5 Å². The molecular weight excluding hydrogens is 402 g/mol. The second-order valence-electron chi connectivity index (χ2n) is 11.2. The third kappa shape index (κ3) is 3.67. The number of allylic oxidation sites excluding steroid dienone is 2. The quantitative estimate of drug-likeness (QED) is 0.523. The Labute approximate surface area is 190 Å². The van der Waals surface area contributed by atoms with Gasteiger partial charge in [-0.1, -0.05) is 84.0 Å². The molecule has 2 aliphatic rings. The highest BCUT2D eigenvalue weighted by molar-refractivity contribution is 5.84. The van der Waals surface area contributed by atoms with E-state index < -0.39 is 17.2 Å². The number of halogens is 2. The summed E-state index contributed by atoms with van der Waals surface area (Å²) in [4.78, 5) is 0. The lowest BCUT2D eigenvalue weighted by atomic mass is 9.59. The molecule has 3 heteroatoms. The van der Waals surface area contributed by atoms with Gasteiger partial charge in [0.1, 0.15) is 17.2 Å². The Kier molecular flexibility index (Phi) is 5.33. The summed E-state index contributed by atoms with van der Waals surface area (Å²) < 4.78 is 29.2. The molecule has 0 aliphatic heterocycles. The number of hydrogen-bond donors (Lipinski definition) is 1. The fraction of sp³-hybridized carbons (Fsp3) is 0.379. The van der Waals surface area contributed by atoms with Crippen LogP contribution in [0, 0.1) is 28.4 Å². The molecule has 0 bridgehead atoms. The second kappa shape index (κ2) is 7.52. The topological polar surface area (TPSA) is 20.2 Å². The van der Waals surface area contributed by atoms with Crippen LogP contribution in [0.25, 0.3) is 11.6 Å². The van der Waals surface area contributed by atoms with E-state index in [1.807, 2.05) is 30.3 Å². The average molecular weight is 435 g/mol. The van der Waals surface area contributed by atoms with Crippen molar-refractivity contribution in [2.24, 2.45) is 16.7 Å². The summed E-state index contributed by atoms with van der Waals surface area (Å²) in [6.07, 6.45) is 6.10. The van der Waals surface area contributed by atoms with Gasteiger partial charge < -0.3 is 5.11 Å². The molecule has 0 fully saturated rings. The molecule has 2 aromatic rings. The minimum Gasteiger partial charge on any atom is -0.380 e. The highest BCUT2D eigenvalue weighted by Gasteiger charge is 2.51. The van der Waals surface area contributed by atoms with E-state index in [1.54, 1.807) is 6.08 Å². The van der Waals surface area contributed by atoms with Crippen LogP contribution in [0.1, 0.15) is 58.2 Å². The number of fused-ring (bicyclic) bond motifs is 1. The van der Waals surface area contributed by atoms with Crippen molar-refractivity contribution < 1.29 is 13.9 Å². The van der Waals surface area contributed by atoms with Gasteiger partial charge >= 0.3 is 0 Å². The van der Waals surface area contributed by atoms with Crippen molar-refractivity contribution in [2.75, 3.05) is 0 Å². The molecule has 0 amide bonds. The van der Waals surface area contributed by atoms with Gasteiger partial charge in [0.05, 0.1) is 0 Å². The lowest BCUT2D eigenvalue weighted by Gasteiger charge is -2.48. The van der Waals surface area contributed by atoms with E-state index >= 15 is 0 Å². The highest BCUT2D eigenvalue weighted by atomic mass is 19.1. The molecule has 0 heterocycles. The third-order valence-electron chi connectivity index (χ3n) is 6.81. The fourth-order valence-corrected chi connectivity index (χ4v) is 5.02. The van der Waals surface area contributed by atoms with Gasteiger partial charge in [0.15, 0.2) is 0 Å². The van der Waals surface area contributed by atoms with Crippen molar-refractivity contribution in [1.82, 2.24) is 0 Å². The van der Waals surface area contributed by atoms with Crippen molar-refractivity contribution in [1.29, 1.82) is 0 Å². The standard InChI is InChI=1S/C29H32F2O/c1-27(2,3)19-16-23(18-10-8-7-9-11-18)29(32,26(17-19)28(4,5)6)20-14-21-22(15-20)25(31)13-12-24(21)30/h7-14,16-17,26,32H,15H2,1-6H3. The smallest absolute Gasteiger partial charge is 0.130 e. The first-order valence-electron chi connectivity index (χ1n) is 11.2. The average Bonchev–Trinajstić information content (AvgIpc) is 3.17. The van der Waals surface area contributed by atoms with Crippen molar-refractivity contribution >= 4 is 11.6 Å². The zero-order valence-corrected chi connectivity index (χ0v) is 19.8. The summed E-state index contributed by atoms with van der Waals surface area (Å²) in [6, 6.07) is 12.2. The predicted molar refractivity (Wildman–Crippen MR) is 128 cm³/mol. The number of benzene rings is 2. The van der Waals surface area contributed by atoms with Crippen LogP contribution >= 0.6 is 0 Å². The molecule has 2 aromatic carbocycles. The Bertz CT molecular complexity index is 1140. The van der Waals surface area contributed by atoms with E-state index in [9.17, 15) is 13.9 Å². The molecule has 1 N–H and O–H groups in total. The molecular formula is C29H32F2O. The number of hydrogen-bond acceptors (Lipinski definition) is 1. The van der Waals surface area contributed by atoms with Crippen LogP contribution in [0.3, 0.4) is 0 Å². The molecule has 2 unspecified atom stereocenters. The Hall–Kier alpha value is -2.52. The molecule has 0 radical (unpaired) electrons. The molecule has 0 saturated heterocycles. The van der Waals surface area contributed by atoms with Gasteiger partial charge in [-0.2, -0.15) is 0 Å². The van der Waals surface area contributed by atoms with E-state index in [4.69, 9.17) is 0 Å². The van der Waals surface area contributed by atoms with Crippen molar-refractivity contribution in [3.05, 3.63) is 94.1 Å². The highest BCUT2D eigenvalue weighted by Crippen LogP contribution is 2.54. The van der Waals surface area contributed by atoms with Crippen LogP contribution < -0.4 is 0 Å². The summed E-state index contributed by atoms with van der Waals surface area (Å²) in [5.41, 5.74) is 2.24. The monoisotopic (exact) mass is 434 g/mol. The fourth-order valence-electron chi connectivity index (χ4n) is 5.02. The van der Waals surface area contributed by atoms with Crippen LogP contribution in [0.2, 0.25) is 0 Å². The summed E-state index contributed by atoms with van der Waals surface area (Å²) in [5.74, 6) is -1.18. The van der Waals surface area contributed by atoms with E-state index in [2.05, 4.69) is 53.7 Å². The molecule has 0 saturated carbocycles. The van der Waals surface area contributed by atoms with Gasteiger partial charge in [-0.15, -0.1) is 0 Å². The van der Waals surface area contributed by atoms with Crippen molar-refractivity contribution in [2.45, 2.75) is 53.6 Å². The first kappa shape index (κ1) is 22.7. The van der Waals surface area contributed by atoms with Crippen LogP contribution in [-0.4, -0.2) is 10.7 Å². The second-order valence-corrected chi connectivity index (χ2v) is 11.2. The van der Waals surface area contributed by atoms with E-state index in [0.717, 1.165) is 22.8 Å². The van der Waals surface area contributed by atoms with E-state index in [1.165, 1.54) is 6.07 Å². The lowest BCUT2D eigenvalue weighted by Crippen LogP contribution is -2.48. The summed E-state index contributed by atoms with van der Waals surface area (Å²) in [6.45, 7) is 12.8. The lowest BCUT2D eigenvalue weighted by molar-refractivity contribution is 0.0381. The summed E-state index contributed by atoms with van der Waals surface area (Å²) in [7, 11) is 0. The zero-order chi connectivity index (χ0) is 23.5. The predicted octanol–water partition coefficient (Wildman–Crippen LogP) is 7.37. The minimum atomic E-state index is -1.40. The minimum absolute atomic E-state index is 0.115. The van der Waals surface area contributed by atoms with E-state index in [0.29, 0.717) is 11.1 Å². The van der Waals surface area contributed by atoms with Gasteiger partial charge in [-0.3, -0.25) is 0 Å². The molecule has 168 valence electrons. The maximum absolute atomic E-state index is 14.6. The zero-order valence-electron chi connectivity index (χ0n) is 19.8. The third-order valence-corrected chi connectivity index (χ3v) is 6.81. The Morgan fingerprint density at radius 3 is 2.06 bits per heavy atom. The summed E-state index contributed by atoms with van der Waals surface area (Å²) in [5, 5.41) is 12.6. The molecule has 2 atom stereocenters. The van der Waals surface area contributed by atoms with Crippen LogP contribution in [-0.2, 0) is 6.42 Å². The Balaban J connectivity index is 1.98. The molecule has 2 aliphatic carbocycles. The van der Waals surface area contributed by atoms with Gasteiger partial charge in [0.25, 0.3) is 0 Å². The van der Waals surface area contributed by atoms with Crippen molar-refractivity contribution in [3.63, 3.8) is 0 Å². The molecule has 1 nitrogen and oxygen atoms in total. The molecule has 4 rings (SSSR count). The normalized spacial score (nSPS) is 23.4. The summed E-state index contributed by atoms with van der Waals surface area (Å²) >= 11 is 0. The Morgan fingerprint density at radius 1 is 0.875 bits per heavy atom. The first-order valence-corrected chi connectivity index (χ1v) is 11.2. The van der Waals surface area contributed by atoms with Crippen LogP contribution in [0.5, 0.6) is 0 Å². The van der Waals surface area contributed by atoms with Crippen LogP contribution in [0.15, 0.2) is 65.8 Å². The van der Waals surface area contributed by atoms with Gasteiger partial charge in [0.2, 0.25) is 0 Å². The van der Waals surface area contributed by atoms with Gasteiger partial charge in [-0.05, 0) is 51.3 Å². The molecule has 0 spiro atoms. The molecule has 32 heavy (non-hydrogen) atoms. The molecule has 0 aromatic heterocycles. The maximum Gasteiger partial charge on any atom is 0.130 e. The van der Waals surface area contributed by atoms with E-state index in [-0.39, 0.29) is 28.7 Å². The van der Waals surface area contributed by atoms with Crippen LogP contribution in [0.4, 0.5) is 8.78 Å². The number of aliphatic hydroxyl groups is 1. The Morgan fingerprint density at radius 2 is 1.50 bits per heavy atom. The maximum atomic E-state index is 14.6. The SMILES string of the molecule is CC(C)(C)C1=CC(C(C)(C)C)C(O)(C2=Cc3c(F)ccc(F)c3C2)C(c2ccccc2)=C1. The van der Waals surface area contributed by atoms with Gasteiger partial charge in [-0.25, -0.2) is 8.78 Å². The first-order chi connectivity index (χ1) is 14.8. The largest absolute Gasteiger partial charge is 0.380 e.